The fraction of sp³-hybridized carbons (Fsp3) is 0.857. The number of hydrogen-bond acceptors (Lipinski definition) is 5. The molecule has 0 aromatic carbocycles. The Morgan fingerprint density at radius 3 is 2.89 bits per heavy atom. The Morgan fingerprint density at radius 2 is 2.16 bits per heavy atom. The predicted molar refractivity (Wildman–Crippen MR) is 79.4 cm³/mol. The van der Waals surface area contributed by atoms with Crippen molar-refractivity contribution in [2.24, 2.45) is 0 Å². The van der Waals surface area contributed by atoms with E-state index in [0.29, 0.717) is 5.92 Å². The zero-order valence-corrected chi connectivity index (χ0v) is 12.8. The van der Waals surface area contributed by atoms with Crippen molar-refractivity contribution in [1.29, 1.82) is 0 Å². The summed E-state index contributed by atoms with van der Waals surface area (Å²) < 4.78 is 5.35. The summed E-state index contributed by atoms with van der Waals surface area (Å²) in [5.74, 6) is 2.80. The highest BCUT2D eigenvalue weighted by atomic mass is 32.2. The molecule has 1 aliphatic rings. The van der Waals surface area contributed by atoms with E-state index in [1.807, 2.05) is 11.8 Å². The monoisotopic (exact) mass is 283 g/mol. The Hall–Kier alpha value is -0.550. The lowest BCUT2D eigenvalue weighted by Crippen LogP contribution is -2.19. The fourth-order valence-electron chi connectivity index (χ4n) is 2.40. The zero-order valence-electron chi connectivity index (χ0n) is 12.0. The lowest BCUT2D eigenvalue weighted by Gasteiger charge is -2.19. The molecule has 1 N–H and O–H groups in total. The minimum Gasteiger partial charge on any atom is -0.339 e. The Morgan fingerprint density at radius 1 is 1.37 bits per heavy atom. The summed E-state index contributed by atoms with van der Waals surface area (Å²) in [7, 11) is 0. The molecule has 4 nitrogen and oxygen atoms in total. The SMILES string of the molecule is CCNCC(C)c1nc(CSC2CCCCC2)no1. The van der Waals surface area contributed by atoms with Crippen molar-refractivity contribution in [2.75, 3.05) is 13.1 Å². The topological polar surface area (TPSA) is 51.0 Å². The molecule has 108 valence electrons. The van der Waals surface area contributed by atoms with Gasteiger partial charge in [-0.05, 0) is 19.4 Å². The molecule has 0 amide bonds. The van der Waals surface area contributed by atoms with E-state index in [4.69, 9.17) is 4.52 Å². The summed E-state index contributed by atoms with van der Waals surface area (Å²) >= 11 is 1.99. The van der Waals surface area contributed by atoms with E-state index < -0.39 is 0 Å². The molecule has 0 radical (unpaired) electrons. The van der Waals surface area contributed by atoms with Crippen molar-refractivity contribution >= 4 is 11.8 Å². The van der Waals surface area contributed by atoms with E-state index in [1.165, 1.54) is 32.1 Å². The molecule has 0 aliphatic heterocycles. The first-order valence-electron chi connectivity index (χ1n) is 7.44. The van der Waals surface area contributed by atoms with Gasteiger partial charge >= 0.3 is 0 Å². The maximum Gasteiger partial charge on any atom is 0.230 e. The number of hydrogen-bond donors (Lipinski definition) is 1. The van der Waals surface area contributed by atoms with Gasteiger partial charge < -0.3 is 9.84 Å². The highest BCUT2D eigenvalue weighted by Crippen LogP contribution is 2.30. The molecule has 5 heteroatoms. The van der Waals surface area contributed by atoms with Crippen molar-refractivity contribution in [3.63, 3.8) is 0 Å². The van der Waals surface area contributed by atoms with Gasteiger partial charge in [0.2, 0.25) is 5.89 Å². The predicted octanol–water partition coefficient (Wildman–Crippen LogP) is 3.35. The van der Waals surface area contributed by atoms with Crippen LogP contribution < -0.4 is 5.32 Å². The van der Waals surface area contributed by atoms with Gasteiger partial charge in [-0.25, -0.2) is 0 Å². The fourth-order valence-corrected chi connectivity index (χ4v) is 3.57. The van der Waals surface area contributed by atoms with Crippen LogP contribution >= 0.6 is 11.8 Å². The van der Waals surface area contributed by atoms with Crippen LogP contribution in [-0.4, -0.2) is 28.5 Å². The second-order valence-corrected chi connectivity index (χ2v) is 6.62. The van der Waals surface area contributed by atoms with Crippen LogP contribution in [0.15, 0.2) is 4.52 Å². The largest absolute Gasteiger partial charge is 0.339 e. The van der Waals surface area contributed by atoms with E-state index in [0.717, 1.165) is 35.8 Å². The van der Waals surface area contributed by atoms with Crippen LogP contribution in [0.4, 0.5) is 0 Å². The molecule has 0 spiro atoms. The molecule has 1 unspecified atom stereocenters. The van der Waals surface area contributed by atoms with Crippen LogP contribution in [0, 0.1) is 0 Å². The van der Waals surface area contributed by atoms with E-state index in [9.17, 15) is 0 Å². The number of thioether (sulfide) groups is 1. The average Bonchev–Trinajstić information content (AvgIpc) is 2.92. The first-order chi connectivity index (χ1) is 9.29. The van der Waals surface area contributed by atoms with E-state index in [-0.39, 0.29) is 0 Å². The van der Waals surface area contributed by atoms with Crippen molar-refractivity contribution in [3.8, 4) is 0 Å². The molecular weight excluding hydrogens is 258 g/mol. The second-order valence-electron chi connectivity index (χ2n) is 5.33. The van der Waals surface area contributed by atoms with Gasteiger partial charge in [0.15, 0.2) is 5.82 Å². The molecule has 1 saturated carbocycles. The number of rotatable bonds is 7. The van der Waals surface area contributed by atoms with Crippen LogP contribution in [0.25, 0.3) is 0 Å². The standard InChI is InChI=1S/C14H25N3OS/c1-3-15-9-11(2)14-16-13(17-18-14)10-19-12-7-5-4-6-8-12/h11-12,15H,3-10H2,1-2H3. The minimum atomic E-state index is 0.292. The van der Waals surface area contributed by atoms with Gasteiger partial charge in [-0.15, -0.1) is 0 Å². The third-order valence-electron chi connectivity index (χ3n) is 3.61. The normalized spacial score (nSPS) is 18.6. The summed E-state index contributed by atoms with van der Waals surface area (Å²) in [4.78, 5) is 4.51. The Kier molecular flexibility index (Phi) is 6.17. The number of aromatic nitrogens is 2. The first kappa shape index (κ1) is 14.9. The number of nitrogens with zero attached hydrogens (tertiary/aromatic N) is 2. The Balaban J connectivity index is 1.76. The third-order valence-corrected chi connectivity index (χ3v) is 4.97. The van der Waals surface area contributed by atoms with Crippen LogP contribution in [0.5, 0.6) is 0 Å². The highest BCUT2D eigenvalue weighted by Gasteiger charge is 2.17. The van der Waals surface area contributed by atoms with Gasteiger partial charge in [0, 0.05) is 17.7 Å². The van der Waals surface area contributed by atoms with Crippen molar-refractivity contribution in [1.82, 2.24) is 15.5 Å². The third kappa shape index (κ3) is 4.80. The molecule has 1 aromatic rings. The molecule has 1 atom stereocenters. The van der Waals surface area contributed by atoms with Gasteiger partial charge in [0.05, 0.1) is 5.75 Å². The maximum absolute atomic E-state index is 5.35. The molecule has 1 heterocycles. The number of likely N-dealkylation sites (N-methyl/N-ethyl adjacent to an activating group) is 1. The van der Waals surface area contributed by atoms with Crippen molar-refractivity contribution in [2.45, 2.75) is 62.9 Å². The quantitative estimate of drug-likeness (QED) is 0.831. The van der Waals surface area contributed by atoms with Crippen LogP contribution in [0.3, 0.4) is 0 Å². The summed E-state index contributed by atoms with van der Waals surface area (Å²) in [6.45, 7) is 6.10. The Bertz CT molecular complexity index is 363. The van der Waals surface area contributed by atoms with Gasteiger partial charge in [0.1, 0.15) is 0 Å². The molecule has 1 aromatic heterocycles. The van der Waals surface area contributed by atoms with Gasteiger partial charge in [-0.1, -0.05) is 38.3 Å². The van der Waals surface area contributed by atoms with E-state index >= 15 is 0 Å². The molecule has 1 aliphatic carbocycles. The molecule has 0 bridgehead atoms. The van der Waals surface area contributed by atoms with Crippen LogP contribution in [-0.2, 0) is 5.75 Å². The van der Waals surface area contributed by atoms with Crippen molar-refractivity contribution < 1.29 is 4.52 Å². The summed E-state index contributed by atoms with van der Waals surface area (Å²) in [6.07, 6.45) is 6.88. The van der Waals surface area contributed by atoms with Crippen molar-refractivity contribution in [3.05, 3.63) is 11.7 Å². The molecule has 2 rings (SSSR count). The summed E-state index contributed by atoms with van der Waals surface area (Å²) in [5.41, 5.74) is 0. The van der Waals surface area contributed by atoms with Gasteiger partial charge in [0.25, 0.3) is 0 Å². The lowest BCUT2D eigenvalue weighted by molar-refractivity contribution is 0.352. The first-order valence-corrected chi connectivity index (χ1v) is 8.49. The summed E-state index contributed by atoms with van der Waals surface area (Å²) in [6, 6.07) is 0. The van der Waals surface area contributed by atoms with Gasteiger partial charge in [-0.2, -0.15) is 16.7 Å². The molecule has 19 heavy (non-hydrogen) atoms. The molecule has 0 saturated heterocycles. The Labute approximate surface area is 120 Å². The maximum atomic E-state index is 5.35. The highest BCUT2D eigenvalue weighted by molar-refractivity contribution is 7.99. The second kappa shape index (κ2) is 7.90. The zero-order chi connectivity index (χ0) is 13.5. The smallest absolute Gasteiger partial charge is 0.230 e. The summed E-state index contributed by atoms with van der Waals surface area (Å²) in [5, 5.41) is 8.20. The molecule has 1 fully saturated rings. The molecular formula is C14H25N3OS. The van der Waals surface area contributed by atoms with Gasteiger partial charge in [-0.3, -0.25) is 0 Å². The number of nitrogens with one attached hydrogen (secondary N) is 1. The lowest BCUT2D eigenvalue weighted by atomic mass is 10.0. The average molecular weight is 283 g/mol. The van der Waals surface area contributed by atoms with Crippen LogP contribution in [0.2, 0.25) is 0 Å². The van der Waals surface area contributed by atoms with E-state index in [2.05, 4.69) is 29.3 Å². The van der Waals surface area contributed by atoms with Crippen LogP contribution in [0.1, 0.15) is 63.6 Å². The van der Waals surface area contributed by atoms with E-state index in [1.54, 1.807) is 0 Å². The minimum absolute atomic E-state index is 0.292.